The Kier molecular flexibility index (Phi) is 5.04. The monoisotopic (exact) mass is 183 g/mol. The molecule has 0 saturated heterocycles. The van der Waals surface area contributed by atoms with Crippen LogP contribution in [0.1, 0.15) is 20.3 Å². The summed E-state index contributed by atoms with van der Waals surface area (Å²) in [7, 11) is 1.58. The molecule has 1 atom stereocenters. The Bertz CT molecular complexity index is 209. The van der Waals surface area contributed by atoms with Crippen LogP contribution in [0, 0.1) is 11.8 Å². The first-order valence-corrected chi connectivity index (χ1v) is 4.39. The molecule has 0 aliphatic heterocycles. The number of carbonyl (C=O) groups is 2. The zero-order valence-electron chi connectivity index (χ0n) is 8.46. The molecule has 0 spiro atoms. The molecule has 0 aromatic heterocycles. The lowest BCUT2D eigenvalue weighted by atomic mass is 9.90. The van der Waals surface area contributed by atoms with E-state index in [1.54, 1.807) is 7.05 Å². The average Bonchev–Trinajstić information content (AvgIpc) is 2.11. The maximum absolute atomic E-state index is 11.3. The van der Waals surface area contributed by atoms with Crippen molar-refractivity contribution in [3.63, 3.8) is 0 Å². The van der Waals surface area contributed by atoms with E-state index in [9.17, 15) is 9.59 Å². The molecule has 0 rings (SSSR count). The smallest absolute Gasteiger partial charge is 0.223 e. The van der Waals surface area contributed by atoms with Crippen LogP contribution in [0.5, 0.6) is 0 Å². The lowest BCUT2D eigenvalue weighted by Crippen LogP contribution is -2.32. The first kappa shape index (κ1) is 11.9. The number of hydrogen-bond donors (Lipinski definition) is 1. The number of hydrogen-bond acceptors (Lipinski definition) is 2. The van der Waals surface area contributed by atoms with Crippen LogP contribution in [0.15, 0.2) is 12.7 Å². The molecule has 0 bridgehead atoms. The standard InChI is InChI=1S/C10H17NO2/c1-5-8(12)6-9(7(2)3)10(13)11-4/h5,7,9H,1,6H2,2-4H3,(H,11,13)/t9-/m0/s1. The minimum Gasteiger partial charge on any atom is -0.359 e. The minimum atomic E-state index is -0.240. The highest BCUT2D eigenvalue weighted by Crippen LogP contribution is 2.15. The number of nitrogens with one attached hydrogen (secondary N) is 1. The lowest BCUT2D eigenvalue weighted by Gasteiger charge is -2.17. The van der Waals surface area contributed by atoms with Crippen LogP contribution in [-0.2, 0) is 9.59 Å². The van der Waals surface area contributed by atoms with Gasteiger partial charge in [-0.2, -0.15) is 0 Å². The summed E-state index contributed by atoms with van der Waals surface area (Å²) < 4.78 is 0. The van der Waals surface area contributed by atoms with Gasteiger partial charge in [-0.25, -0.2) is 0 Å². The number of amides is 1. The number of allylic oxidation sites excluding steroid dienone is 1. The maximum Gasteiger partial charge on any atom is 0.223 e. The summed E-state index contributed by atoms with van der Waals surface area (Å²) in [4.78, 5) is 22.4. The van der Waals surface area contributed by atoms with Crippen molar-refractivity contribution in [3.05, 3.63) is 12.7 Å². The van der Waals surface area contributed by atoms with Crippen LogP contribution < -0.4 is 5.32 Å². The predicted molar refractivity (Wildman–Crippen MR) is 52.2 cm³/mol. The molecule has 74 valence electrons. The molecule has 1 amide bonds. The van der Waals surface area contributed by atoms with E-state index < -0.39 is 0 Å². The van der Waals surface area contributed by atoms with Crippen molar-refractivity contribution in [2.45, 2.75) is 20.3 Å². The van der Waals surface area contributed by atoms with E-state index in [1.807, 2.05) is 13.8 Å². The first-order valence-electron chi connectivity index (χ1n) is 4.39. The molecular formula is C10H17NO2. The van der Waals surface area contributed by atoms with E-state index >= 15 is 0 Å². The van der Waals surface area contributed by atoms with Gasteiger partial charge in [0, 0.05) is 19.4 Å². The summed E-state index contributed by atoms with van der Waals surface area (Å²) in [6.45, 7) is 7.23. The van der Waals surface area contributed by atoms with Crippen molar-refractivity contribution in [3.8, 4) is 0 Å². The molecule has 0 aromatic rings. The molecule has 0 unspecified atom stereocenters. The average molecular weight is 183 g/mol. The Morgan fingerprint density at radius 1 is 1.46 bits per heavy atom. The topological polar surface area (TPSA) is 46.2 Å². The summed E-state index contributed by atoms with van der Waals surface area (Å²) >= 11 is 0. The summed E-state index contributed by atoms with van der Waals surface area (Å²) in [6, 6.07) is 0. The van der Waals surface area contributed by atoms with Gasteiger partial charge in [-0.1, -0.05) is 20.4 Å². The highest BCUT2D eigenvalue weighted by molar-refractivity contribution is 5.93. The van der Waals surface area contributed by atoms with E-state index in [0.717, 1.165) is 0 Å². The normalized spacial score (nSPS) is 12.3. The molecule has 0 fully saturated rings. The van der Waals surface area contributed by atoms with Crippen molar-refractivity contribution in [2.75, 3.05) is 7.05 Å². The van der Waals surface area contributed by atoms with Crippen LogP contribution in [0.3, 0.4) is 0 Å². The van der Waals surface area contributed by atoms with Crippen LogP contribution in [0.25, 0.3) is 0 Å². The number of ketones is 1. The second-order valence-electron chi connectivity index (χ2n) is 3.34. The molecule has 13 heavy (non-hydrogen) atoms. The Morgan fingerprint density at radius 2 is 2.00 bits per heavy atom. The number of rotatable bonds is 5. The van der Waals surface area contributed by atoms with E-state index in [-0.39, 0.29) is 29.9 Å². The van der Waals surface area contributed by atoms with Gasteiger partial charge >= 0.3 is 0 Å². The van der Waals surface area contributed by atoms with Crippen molar-refractivity contribution in [2.24, 2.45) is 11.8 Å². The maximum atomic E-state index is 11.3. The highest BCUT2D eigenvalue weighted by atomic mass is 16.2. The third-order valence-electron chi connectivity index (χ3n) is 2.04. The molecule has 0 saturated carbocycles. The van der Waals surface area contributed by atoms with Gasteiger partial charge in [-0.05, 0) is 12.0 Å². The Morgan fingerprint density at radius 3 is 2.31 bits per heavy atom. The van der Waals surface area contributed by atoms with Crippen molar-refractivity contribution in [1.82, 2.24) is 5.32 Å². The van der Waals surface area contributed by atoms with E-state index in [2.05, 4.69) is 11.9 Å². The third kappa shape index (κ3) is 3.87. The molecule has 0 aliphatic carbocycles. The van der Waals surface area contributed by atoms with Gasteiger partial charge in [0.05, 0.1) is 0 Å². The third-order valence-corrected chi connectivity index (χ3v) is 2.04. The number of carbonyl (C=O) groups excluding carboxylic acids is 2. The summed E-state index contributed by atoms with van der Waals surface area (Å²) in [5.74, 6) is -0.230. The Hall–Kier alpha value is -1.12. The largest absolute Gasteiger partial charge is 0.359 e. The van der Waals surface area contributed by atoms with Gasteiger partial charge in [0.1, 0.15) is 0 Å². The SMILES string of the molecule is C=CC(=O)C[C@H](C(=O)NC)C(C)C. The molecule has 0 radical (unpaired) electrons. The second-order valence-corrected chi connectivity index (χ2v) is 3.34. The predicted octanol–water partition coefficient (Wildman–Crippen LogP) is 1.15. The first-order chi connectivity index (χ1) is 6.02. The molecule has 3 nitrogen and oxygen atoms in total. The highest BCUT2D eigenvalue weighted by Gasteiger charge is 2.22. The molecule has 0 aliphatic rings. The Labute approximate surface area is 79.2 Å². The van der Waals surface area contributed by atoms with Crippen molar-refractivity contribution < 1.29 is 9.59 Å². The zero-order chi connectivity index (χ0) is 10.4. The second kappa shape index (κ2) is 5.51. The minimum absolute atomic E-state index is 0.0785. The van der Waals surface area contributed by atoms with E-state index in [4.69, 9.17) is 0 Å². The van der Waals surface area contributed by atoms with Gasteiger partial charge in [0.25, 0.3) is 0 Å². The van der Waals surface area contributed by atoms with Gasteiger partial charge in [0.15, 0.2) is 5.78 Å². The van der Waals surface area contributed by atoms with Gasteiger partial charge in [0.2, 0.25) is 5.91 Å². The van der Waals surface area contributed by atoms with Crippen LogP contribution in [-0.4, -0.2) is 18.7 Å². The summed E-state index contributed by atoms with van der Waals surface area (Å²) in [6.07, 6.45) is 1.51. The van der Waals surface area contributed by atoms with Crippen molar-refractivity contribution >= 4 is 11.7 Å². The Balaban J connectivity index is 4.34. The van der Waals surface area contributed by atoms with Crippen LogP contribution in [0.2, 0.25) is 0 Å². The van der Waals surface area contributed by atoms with E-state index in [1.165, 1.54) is 6.08 Å². The molecule has 0 heterocycles. The summed E-state index contributed by atoms with van der Waals surface area (Å²) in [5, 5.41) is 2.55. The zero-order valence-corrected chi connectivity index (χ0v) is 8.46. The fourth-order valence-electron chi connectivity index (χ4n) is 1.12. The van der Waals surface area contributed by atoms with Gasteiger partial charge in [-0.3, -0.25) is 9.59 Å². The lowest BCUT2D eigenvalue weighted by molar-refractivity contribution is -0.129. The van der Waals surface area contributed by atoms with Gasteiger partial charge < -0.3 is 5.32 Å². The quantitative estimate of drug-likeness (QED) is 0.650. The van der Waals surface area contributed by atoms with Crippen LogP contribution in [0.4, 0.5) is 0 Å². The molecular weight excluding hydrogens is 166 g/mol. The fraction of sp³-hybridized carbons (Fsp3) is 0.600. The van der Waals surface area contributed by atoms with Crippen molar-refractivity contribution in [1.29, 1.82) is 0 Å². The molecule has 0 aromatic carbocycles. The van der Waals surface area contributed by atoms with Gasteiger partial charge in [-0.15, -0.1) is 0 Å². The van der Waals surface area contributed by atoms with Crippen LogP contribution >= 0.6 is 0 Å². The molecule has 3 heteroatoms. The van der Waals surface area contributed by atoms with E-state index in [0.29, 0.717) is 0 Å². The fourth-order valence-corrected chi connectivity index (χ4v) is 1.12. The molecule has 1 N–H and O–H groups in total. The summed E-state index contributed by atoms with van der Waals surface area (Å²) in [5.41, 5.74) is 0.